The molecule has 3 aromatic rings. The third kappa shape index (κ3) is 4.02. The molecular formula is C27H26N2O2. The Labute approximate surface area is 183 Å². The molecule has 1 N–H and O–H groups in total. The number of benzene rings is 3. The number of nitrogens with zero attached hydrogens (tertiary/aromatic N) is 1. The van der Waals surface area contributed by atoms with Crippen LogP contribution in [0.3, 0.4) is 0 Å². The lowest BCUT2D eigenvalue weighted by Crippen LogP contribution is -2.28. The smallest absolute Gasteiger partial charge is 0.250 e. The molecule has 0 saturated heterocycles. The van der Waals surface area contributed by atoms with Crippen LogP contribution >= 0.6 is 0 Å². The van der Waals surface area contributed by atoms with Gasteiger partial charge in [-0.1, -0.05) is 84.9 Å². The molecule has 0 radical (unpaired) electrons. The van der Waals surface area contributed by atoms with Crippen molar-refractivity contribution in [3.8, 4) is 0 Å². The Morgan fingerprint density at radius 1 is 0.871 bits per heavy atom. The van der Waals surface area contributed by atoms with Gasteiger partial charge in [0.2, 0.25) is 5.70 Å². The molecule has 156 valence electrons. The van der Waals surface area contributed by atoms with Crippen LogP contribution in [0, 0.1) is 10.1 Å². The largest absolute Gasteiger partial charge is 0.379 e. The molecule has 0 saturated carbocycles. The van der Waals surface area contributed by atoms with E-state index in [1.807, 2.05) is 24.3 Å². The molecule has 4 heteroatoms. The number of rotatable bonds is 7. The van der Waals surface area contributed by atoms with E-state index in [4.69, 9.17) is 0 Å². The average Bonchev–Trinajstić information content (AvgIpc) is 3.31. The summed E-state index contributed by atoms with van der Waals surface area (Å²) in [5, 5.41) is 14.7. The number of hydrogen-bond acceptors (Lipinski definition) is 3. The SMILES string of the molecule is CC(Nc1ccccc1C(C)(c1ccccc1)c1ccccc1)C1=CC=C([N+](=O)[O-])C1. The van der Waals surface area contributed by atoms with E-state index in [1.165, 1.54) is 16.7 Å². The van der Waals surface area contributed by atoms with E-state index < -0.39 is 0 Å². The van der Waals surface area contributed by atoms with Crippen molar-refractivity contribution in [2.24, 2.45) is 0 Å². The lowest BCUT2D eigenvalue weighted by molar-refractivity contribution is -0.426. The van der Waals surface area contributed by atoms with Crippen molar-refractivity contribution in [2.75, 3.05) is 5.32 Å². The molecular weight excluding hydrogens is 384 g/mol. The molecule has 0 heterocycles. The molecule has 4 nitrogen and oxygen atoms in total. The topological polar surface area (TPSA) is 55.2 Å². The van der Waals surface area contributed by atoms with Gasteiger partial charge in [-0.05, 0) is 42.2 Å². The summed E-state index contributed by atoms with van der Waals surface area (Å²) in [6.07, 6.45) is 3.85. The van der Waals surface area contributed by atoms with Crippen molar-refractivity contribution in [3.05, 3.63) is 135 Å². The monoisotopic (exact) mass is 410 g/mol. The Morgan fingerprint density at radius 2 is 1.42 bits per heavy atom. The van der Waals surface area contributed by atoms with Crippen molar-refractivity contribution in [3.63, 3.8) is 0 Å². The highest BCUT2D eigenvalue weighted by Crippen LogP contribution is 2.42. The van der Waals surface area contributed by atoms with Gasteiger partial charge in [0.1, 0.15) is 0 Å². The number of nitrogens with one attached hydrogen (secondary N) is 1. The van der Waals surface area contributed by atoms with E-state index in [9.17, 15) is 10.1 Å². The van der Waals surface area contributed by atoms with Crippen LogP contribution in [0.4, 0.5) is 5.69 Å². The maximum Gasteiger partial charge on any atom is 0.250 e. The van der Waals surface area contributed by atoms with Gasteiger partial charge in [-0.3, -0.25) is 10.1 Å². The van der Waals surface area contributed by atoms with Crippen molar-refractivity contribution < 1.29 is 4.92 Å². The van der Waals surface area contributed by atoms with Gasteiger partial charge in [-0.25, -0.2) is 0 Å². The minimum absolute atomic E-state index is 0.0225. The first-order valence-corrected chi connectivity index (χ1v) is 10.5. The minimum Gasteiger partial charge on any atom is -0.379 e. The van der Waals surface area contributed by atoms with Crippen LogP contribution in [-0.2, 0) is 5.41 Å². The summed E-state index contributed by atoms with van der Waals surface area (Å²) in [5.41, 5.74) is 5.51. The number of hydrogen-bond donors (Lipinski definition) is 1. The molecule has 0 aliphatic heterocycles. The fraction of sp³-hybridized carbons (Fsp3) is 0.185. The van der Waals surface area contributed by atoms with Crippen LogP contribution in [-0.4, -0.2) is 11.0 Å². The van der Waals surface area contributed by atoms with Gasteiger partial charge in [-0.15, -0.1) is 0 Å². The molecule has 1 unspecified atom stereocenters. The van der Waals surface area contributed by atoms with Gasteiger partial charge >= 0.3 is 0 Å². The zero-order chi connectivity index (χ0) is 21.8. The highest BCUT2D eigenvalue weighted by molar-refractivity contribution is 5.63. The first-order chi connectivity index (χ1) is 15.0. The first kappa shape index (κ1) is 20.6. The third-order valence-electron chi connectivity index (χ3n) is 6.21. The van der Waals surface area contributed by atoms with Gasteiger partial charge in [-0.2, -0.15) is 0 Å². The summed E-state index contributed by atoms with van der Waals surface area (Å²) >= 11 is 0. The first-order valence-electron chi connectivity index (χ1n) is 10.5. The molecule has 0 aromatic heterocycles. The summed E-state index contributed by atoms with van der Waals surface area (Å²) < 4.78 is 0. The van der Waals surface area contributed by atoms with E-state index in [-0.39, 0.29) is 22.1 Å². The Bertz CT molecular complexity index is 1090. The Kier molecular flexibility index (Phi) is 5.72. The van der Waals surface area contributed by atoms with Crippen molar-refractivity contribution in [2.45, 2.75) is 31.7 Å². The molecule has 4 rings (SSSR count). The second-order valence-corrected chi connectivity index (χ2v) is 8.10. The highest BCUT2D eigenvalue weighted by Gasteiger charge is 2.33. The van der Waals surface area contributed by atoms with Gasteiger partial charge < -0.3 is 5.32 Å². The lowest BCUT2D eigenvalue weighted by atomic mass is 9.70. The van der Waals surface area contributed by atoms with E-state index in [0.29, 0.717) is 6.42 Å². The van der Waals surface area contributed by atoms with Crippen molar-refractivity contribution >= 4 is 5.69 Å². The highest BCUT2D eigenvalue weighted by atomic mass is 16.6. The molecule has 1 atom stereocenters. The number of allylic oxidation sites excluding steroid dienone is 3. The second kappa shape index (κ2) is 8.60. The Balaban J connectivity index is 1.73. The fourth-order valence-electron chi connectivity index (χ4n) is 4.34. The fourth-order valence-corrected chi connectivity index (χ4v) is 4.34. The normalized spacial score (nSPS) is 14.5. The minimum atomic E-state index is -0.361. The lowest BCUT2D eigenvalue weighted by Gasteiger charge is -2.34. The number of nitro groups is 1. The maximum absolute atomic E-state index is 11.1. The van der Waals surface area contributed by atoms with E-state index in [1.54, 1.807) is 6.08 Å². The molecule has 1 aliphatic carbocycles. The Morgan fingerprint density at radius 3 is 1.97 bits per heavy atom. The van der Waals surface area contributed by atoms with Gasteiger partial charge in [0.05, 0.1) is 11.3 Å². The molecule has 0 amide bonds. The standard InChI is InChI=1S/C27H26N2O2/c1-20(21-17-18-24(19-21)29(30)31)28-26-16-10-9-15-25(26)27(2,22-11-5-3-6-12-22)23-13-7-4-8-14-23/h3-18,20,28H,19H2,1-2H3. The van der Waals surface area contributed by atoms with Gasteiger partial charge in [0.15, 0.2) is 0 Å². The van der Waals surface area contributed by atoms with Crippen LogP contribution in [0.1, 0.15) is 37.0 Å². The molecule has 0 fully saturated rings. The molecule has 1 aliphatic rings. The number of anilines is 1. The Hall–Kier alpha value is -3.66. The zero-order valence-corrected chi connectivity index (χ0v) is 17.8. The summed E-state index contributed by atoms with van der Waals surface area (Å²) in [6.45, 7) is 4.31. The predicted octanol–water partition coefficient (Wildman–Crippen LogP) is 6.33. The van der Waals surface area contributed by atoms with E-state index in [0.717, 1.165) is 11.3 Å². The van der Waals surface area contributed by atoms with Crippen LogP contribution in [0.2, 0.25) is 0 Å². The van der Waals surface area contributed by atoms with Crippen molar-refractivity contribution in [1.82, 2.24) is 0 Å². The quantitative estimate of drug-likeness (QED) is 0.281. The van der Waals surface area contributed by atoms with E-state index >= 15 is 0 Å². The van der Waals surface area contributed by atoms with Crippen LogP contribution in [0.25, 0.3) is 0 Å². The third-order valence-corrected chi connectivity index (χ3v) is 6.21. The molecule has 0 spiro atoms. The zero-order valence-electron chi connectivity index (χ0n) is 17.8. The van der Waals surface area contributed by atoms with Crippen molar-refractivity contribution in [1.29, 1.82) is 0 Å². The van der Waals surface area contributed by atoms with Gasteiger partial charge in [0.25, 0.3) is 0 Å². The predicted molar refractivity (Wildman–Crippen MR) is 126 cm³/mol. The summed E-state index contributed by atoms with van der Waals surface area (Å²) in [6, 6.07) is 29.4. The summed E-state index contributed by atoms with van der Waals surface area (Å²) in [4.78, 5) is 10.8. The van der Waals surface area contributed by atoms with Crippen LogP contribution in [0.15, 0.2) is 108 Å². The summed E-state index contributed by atoms with van der Waals surface area (Å²) in [5.74, 6) is 0. The molecule has 0 bridgehead atoms. The molecule has 3 aromatic carbocycles. The van der Waals surface area contributed by atoms with Crippen LogP contribution in [0.5, 0.6) is 0 Å². The average molecular weight is 411 g/mol. The van der Waals surface area contributed by atoms with Crippen LogP contribution < -0.4 is 5.32 Å². The van der Waals surface area contributed by atoms with Gasteiger partial charge in [0, 0.05) is 23.2 Å². The summed E-state index contributed by atoms with van der Waals surface area (Å²) in [7, 11) is 0. The second-order valence-electron chi connectivity index (χ2n) is 8.10. The number of para-hydroxylation sites is 1. The molecule has 31 heavy (non-hydrogen) atoms. The maximum atomic E-state index is 11.1. The van der Waals surface area contributed by atoms with E-state index in [2.05, 4.69) is 85.9 Å².